The number of nitrogens with one attached hydrogen (secondary N) is 2. The van der Waals surface area contributed by atoms with Crippen LogP contribution < -0.4 is 16.6 Å². The minimum absolute atomic E-state index is 0.231. The van der Waals surface area contributed by atoms with E-state index >= 15 is 0 Å². The van der Waals surface area contributed by atoms with Gasteiger partial charge in [0, 0.05) is 6.20 Å². The van der Waals surface area contributed by atoms with Gasteiger partial charge < -0.3 is 11.2 Å². The van der Waals surface area contributed by atoms with E-state index in [1.807, 2.05) is 24.3 Å². The van der Waals surface area contributed by atoms with Gasteiger partial charge in [0.1, 0.15) is 0 Å². The van der Waals surface area contributed by atoms with Gasteiger partial charge in [-0.15, -0.1) is 0 Å². The maximum absolute atomic E-state index is 5.21. The smallest absolute Gasteiger partial charge is 0.182 e. The quantitative estimate of drug-likeness (QED) is 0.511. The van der Waals surface area contributed by atoms with E-state index in [-0.39, 0.29) is 5.11 Å². The van der Waals surface area contributed by atoms with Crippen molar-refractivity contribution in [3.63, 3.8) is 0 Å². The highest BCUT2D eigenvalue weighted by Crippen LogP contribution is 1.99. The van der Waals surface area contributed by atoms with Crippen molar-refractivity contribution in [3.8, 4) is 0 Å². The lowest BCUT2D eigenvalue weighted by Gasteiger charge is -2.00. The second kappa shape index (κ2) is 5.99. The van der Waals surface area contributed by atoms with Crippen LogP contribution in [0.5, 0.6) is 0 Å². The Kier molecular flexibility index (Phi) is 4.50. The summed E-state index contributed by atoms with van der Waals surface area (Å²) in [4.78, 5) is 0. The van der Waals surface area contributed by atoms with Crippen LogP contribution in [-0.2, 0) is 6.42 Å². The van der Waals surface area contributed by atoms with Gasteiger partial charge >= 0.3 is 0 Å². The lowest BCUT2D eigenvalue weighted by Crippen LogP contribution is -2.37. The van der Waals surface area contributed by atoms with E-state index in [4.69, 9.17) is 5.73 Å². The summed E-state index contributed by atoms with van der Waals surface area (Å²) in [6, 6.07) is 10.2. The first-order valence-corrected chi connectivity index (χ1v) is 4.70. The van der Waals surface area contributed by atoms with Crippen molar-refractivity contribution in [2.45, 2.75) is 6.42 Å². The molecule has 0 heterocycles. The fraction of sp³-hybridized carbons (Fsp3) is 0.100. The minimum atomic E-state index is 0.231. The molecule has 0 radical (unpaired) electrons. The van der Waals surface area contributed by atoms with Crippen molar-refractivity contribution in [1.82, 2.24) is 10.9 Å². The second-order valence-corrected chi connectivity index (χ2v) is 3.17. The van der Waals surface area contributed by atoms with E-state index in [0.29, 0.717) is 0 Å². The molecule has 1 aromatic carbocycles. The van der Waals surface area contributed by atoms with E-state index in [2.05, 4.69) is 35.2 Å². The average molecular weight is 207 g/mol. The van der Waals surface area contributed by atoms with Gasteiger partial charge in [0.15, 0.2) is 5.11 Å². The Morgan fingerprint density at radius 3 is 2.71 bits per heavy atom. The Morgan fingerprint density at radius 2 is 2.07 bits per heavy atom. The Hall–Kier alpha value is -1.55. The van der Waals surface area contributed by atoms with Crippen molar-refractivity contribution in [3.05, 3.63) is 48.2 Å². The molecule has 74 valence electrons. The maximum Gasteiger partial charge on any atom is 0.182 e. The topological polar surface area (TPSA) is 50.1 Å². The van der Waals surface area contributed by atoms with Crippen LogP contribution in [0.25, 0.3) is 0 Å². The summed E-state index contributed by atoms with van der Waals surface area (Å²) in [6.07, 6.45) is 4.64. The molecule has 1 aromatic rings. The molecule has 0 aliphatic carbocycles. The Labute approximate surface area is 89.0 Å². The maximum atomic E-state index is 5.21. The van der Waals surface area contributed by atoms with Crippen LogP contribution in [0.3, 0.4) is 0 Å². The van der Waals surface area contributed by atoms with Gasteiger partial charge in [-0.25, -0.2) is 0 Å². The normalized spacial score (nSPS) is 10.0. The Bertz CT molecular complexity index is 308. The summed E-state index contributed by atoms with van der Waals surface area (Å²) in [5, 5.41) is 0.231. The molecule has 0 aliphatic heterocycles. The molecule has 1 rings (SSSR count). The van der Waals surface area contributed by atoms with E-state index < -0.39 is 0 Å². The van der Waals surface area contributed by atoms with Gasteiger partial charge in [0.25, 0.3) is 0 Å². The molecular weight excluding hydrogens is 194 g/mol. The first-order valence-electron chi connectivity index (χ1n) is 4.29. The van der Waals surface area contributed by atoms with Gasteiger partial charge in [-0.2, -0.15) is 0 Å². The zero-order valence-electron chi connectivity index (χ0n) is 7.73. The second-order valence-electron chi connectivity index (χ2n) is 2.73. The van der Waals surface area contributed by atoms with Crippen molar-refractivity contribution in [2.24, 2.45) is 5.73 Å². The summed E-state index contributed by atoms with van der Waals surface area (Å²) in [5.41, 5.74) is 11.8. The highest BCUT2D eigenvalue weighted by Gasteiger charge is 1.85. The molecular formula is C10H13N3S. The van der Waals surface area contributed by atoms with Crippen LogP contribution in [0.15, 0.2) is 42.6 Å². The number of hydrogen-bond acceptors (Lipinski definition) is 2. The summed E-state index contributed by atoms with van der Waals surface area (Å²) in [5.74, 6) is 0. The summed E-state index contributed by atoms with van der Waals surface area (Å²) in [7, 11) is 0. The molecule has 0 saturated carbocycles. The highest BCUT2D eigenvalue weighted by atomic mass is 32.1. The molecule has 0 atom stereocenters. The number of nitrogens with two attached hydrogens (primary N) is 1. The molecule has 4 heteroatoms. The molecule has 4 N–H and O–H groups in total. The standard InChI is InChI=1S/C10H13N3S/c11-10(14)13-12-8-4-7-9-5-2-1-3-6-9/h1-6,8,12H,7H2,(H3,11,13,14). The highest BCUT2D eigenvalue weighted by molar-refractivity contribution is 7.80. The van der Waals surface area contributed by atoms with Crippen LogP contribution in [0, 0.1) is 0 Å². The molecule has 0 saturated heterocycles. The lowest BCUT2D eigenvalue weighted by atomic mass is 10.1. The van der Waals surface area contributed by atoms with Crippen LogP contribution >= 0.6 is 12.2 Å². The molecule has 0 bridgehead atoms. The predicted molar refractivity (Wildman–Crippen MR) is 62.3 cm³/mol. The molecule has 0 unspecified atom stereocenters. The number of benzene rings is 1. The van der Waals surface area contributed by atoms with Crippen LogP contribution in [0.2, 0.25) is 0 Å². The third kappa shape index (κ3) is 4.47. The zero-order chi connectivity index (χ0) is 10.2. The summed E-state index contributed by atoms with van der Waals surface area (Å²) in [6.45, 7) is 0. The van der Waals surface area contributed by atoms with Crippen LogP contribution in [0.1, 0.15) is 5.56 Å². The lowest BCUT2D eigenvalue weighted by molar-refractivity contribution is 0.819. The molecule has 0 amide bonds. The number of rotatable bonds is 4. The monoisotopic (exact) mass is 207 g/mol. The van der Waals surface area contributed by atoms with E-state index in [0.717, 1.165) is 6.42 Å². The van der Waals surface area contributed by atoms with Crippen molar-refractivity contribution in [2.75, 3.05) is 0 Å². The number of hydrazine groups is 1. The molecule has 0 fully saturated rings. The van der Waals surface area contributed by atoms with Gasteiger partial charge in [-0.3, -0.25) is 5.43 Å². The first kappa shape index (κ1) is 10.5. The SMILES string of the molecule is NC(=S)NNC=CCc1ccccc1. The average Bonchev–Trinajstić information content (AvgIpc) is 2.18. The minimum Gasteiger partial charge on any atom is -0.375 e. The molecule has 3 nitrogen and oxygen atoms in total. The van der Waals surface area contributed by atoms with E-state index in [1.165, 1.54) is 5.56 Å². The van der Waals surface area contributed by atoms with Crippen LogP contribution in [-0.4, -0.2) is 5.11 Å². The molecule has 0 aromatic heterocycles. The molecule has 14 heavy (non-hydrogen) atoms. The van der Waals surface area contributed by atoms with Crippen molar-refractivity contribution >= 4 is 17.3 Å². The third-order valence-electron chi connectivity index (χ3n) is 1.59. The Balaban J connectivity index is 2.24. The fourth-order valence-corrected chi connectivity index (χ4v) is 1.04. The zero-order valence-corrected chi connectivity index (χ0v) is 8.55. The molecule has 0 aliphatic rings. The van der Waals surface area contributed by atoms with Crippen molar-refractivity contribution in [1.29, 1.82) is 0 Å². The van der Waals surface area contributed by atoms with Gasteiger partial charge in [-0.1, -0.05) is 36.4 Å². The Morgan fingerprint density at radius 1 is 1.36 bits per heavy atom. The number of hydrogen-bond donors (Lipinski definition) is 3. The molecule has 0 spiro atoms. The van der Waals surface area contributed by atoms with Crippen LogP contribution in [0.4, 0.5) is 0 Å². The largest absolute Gasteiger partial charge is 0.375 e. The first-order chi connectivity index (χ1) is 6.79. The van der Waals surface area contributed by atoms with Gasteiger partial charge in [0.05, 0.1) is 0 Å². The summed E-state index contributed by atoms with van der Waals surface area (Å²) < 4.78 is 0. The predicted octanol–water partition coefficient (Wildman–Crippen LogP) is 1.08. The van der Waals surface area contributed by atoms with Gasteiger partial charge in [0.2, 0.25) is 0 Å². The third-order valence-corrected chi connectivity index (χ3v) is 1.69. The van der Waals surface area contributed by atoms with Crippen molar-refractivity contribution < 1.29 is 0 Å². The number of thiocarbonyl (C=S) groups is 1. The van der Waals surface area contributed by atoms with E-state index in [1.54, 1.807) is 6.20 Å². The summed E-state index contributed by atoms with van der Waals surface area (Å²) >= 11 is 4.61. The number of allylic oxidation sites excluding steroid dienone is 1. The fourth-order valence-electron chi connectivity index (χ4n) is 0.981. The van der Waals surface area contributed by atoms with Gasteiger partial charge in [-0.05, 0) is 24.2 Å². The van der Waals surface area contributed by atoms with E-state index in [9.17, 15) is 0 Å².